The fourth-order valence-corrected chi connectivity index (χ4v) is 4.00. The Hall–Kier alpha value is -3.02. The van der Waals surface area contributed by atoms with Crippen molar-refractivity contribution in [1.29, 1.82) is 0 Å². The van der Waals surface area contributed by atoms with E-state index in [4.69, 9.17) is 4.42 Å². The van der Waals surface area contributed by atoms with E-state index in [1.807, 2.05) is 0 Å². The maximum atomic E-state index is 13.0. The lowest BCUT2D eigenvalue weighted by Crippen LogP contribution is -2.51. The molecule has 0 saturated heterocycles. The van der Waals surface area contributed by atoms with Gasteiger partial charge in [0.05, 0.1) is 17.6 Å². The number of hydrazine groups is 1. The second-order valence-corrected chi connectivity index (χ2v) is 9.42. The molecule has 3 N–H and O–H groups in total. The first kappa shape index (κ1) is 22.7. The summed E-state index contributed by atoms with van der Waals surface area (Å²) < 4.78 is 47.6. The predicted octanol–water partition coefficient (Wildman–Crippen LogP) is 1.60. The van der Waals surface area contributed by atoms with Crippen LogP contribution < -0.4 is 16.2 Å². The van der Waals surface area contributed by atoms with Crippen molar-refractivity contribution >= 4 is 21.9 Å². The number of aryl methyl sites for hydroxylation is 1. The SMILES string of the molecule is Cc1ccc(C(=O)NN/C(=N\S(=O)(=O)[C@H](C)Cc2ncc(F)cn2)NC2CCCC2)o1. The minimum Gasteiger partial charge on any atom is -0.456 e. The molecular formula is C19H25FN6O4S. The fourth-order valence-electron chi connectivity index (χ4n) is 3.11. The van der Waals surface area contributed by atoms with Crippen molar-refractivity contribution < 1.29 is 22.0 Å². The molecule has 1 aliphatic carbocycles. The van der Waals surface area contributed by atoms with Crippen LogP contribution in [0.4, 0.5) is 4.39 Å². The quantitative estimate of drug-likeness (QED) is 0.341. The van der Waals surface area contributed by atoms with Gasteiger partial charge >= 0.3 is 5.91 Å². The number of nitrogens with one attached hydrogen (secondary N) is 3. The Balaban J connectivity index is 1.72. The Bertz CT molecular complexity index is 1030. The number of furan rings is 1. The van der Waals surface area contributed by atoms with Crippen LogP contribution in [-0.4, -0.2) is 41.5 Å². The number of nitrogens with zero attached hydrogens (tertiary/aromatic N) is 3. The van der Waals surface area contributed by atoms with E-state index in [0.717, 1.165) is 38.1 Å². The normalized spacial score (nSPS) is 16.2. The number of aromatic nitrogens is 2. The van der Waals surface area contributed by atoms with Gasteiger partial charge in [0.15, 0.2) is 11.6 Å². The summed E-state index contributed by atoms with van der Waals surface area (Å²) >= 11 is 0. The van der Waals surface area contributed by atoms with E-state index in [0.29, 0.717) is 5.76 Å². The summed E-state index contributed by atoms with van der Waals surface area (Å²) in [5.41, 5.74) is 4.95. The van der Waals surface area contributed by atoms with E-state index in [-0.39, 0.29) is 30.0 Å². The van der Waals surface area contributed by atoms with Crippen molar-refractivity contribution in [1.82, 2.24) is 26.1 Å². The van der Waals surface area contributed by atoms with Crippen LogP contribution in [0, 0.1) is 12.7 Å². The standard InChI is InChI=1S/C19H25FN6O4S/c1-12-7-8-16(30-12)18(27)24-25-19(23-15-5-3-4-6-15)26-31(28,29)13(2)9-17-21-10-14(20)11-22-17/h7-8,10-11,13,15H,3-6,9H2,1-2H3,(H,24,27)(H2,23,25,26)/t13-/m1/s1. The minimum absolute atomic E-state index is 0.0408. The van der Waals surface area contributed by atoms with Gasteiger partial charge < -0.3 is 9.73 Å². The van der Waals surface area contributed by atoms with E-state index in [2.05, 4.69) is 30.5 Å². The molecule has 2 aromatic heterocycles. The summed E-state index contributed by atoms with van der Waals surface area (Å²) in [6, 6.07) is 3.19. The number of sulfonamides is 1. The zero-order chi connectivity index (χ0) is 22.4. The number of guanidine groups is 1. The molecule has 2 heterocycles. The molecule has 31 heavy (non-hydrogen) atoms. The van der Waals surface area contributed by atoms with Crippen LogP contribution in [0.2, 0.25) is 0 Å². The molecule has 12 heteroatoms. The summed E-state index contributed by atoms with van der Waals surface area (Å²) in [7, 11) is -4.00. The molecule has 0 aromatic carbocycles. The van der Waals surface area contributed by atoms with Crippen LogP contribution >= 0.6 is 0 Å². The van der Waals surface area contributed by atoms with Crippen molar-refractivity contribution in [2.45, 2.75) is 57.2 Å². The topological polar surface area (TPSA) is 139 Å². The molecular weight excluding hydrogens is 427 g/mol. The van der Waals surface area contributed by atoms with Gasteiger partial charge in [-0.15, -0.1) is 4.40 Å². The van der Waals surface area contributed by atoms with Crippen LogP contribution in [0.25, 0.3) is 0 Å². The Kier molecular flexibility index (Phi) is 7.21. The van der Waals surface area contributed by atoms with Gasteiger partial charge in [-0.3, -0.25) is 15.6 Å². The third-order valence-corrected chi connectivity index (χ3v) is 6.45. The molecule has 1 amide bonds. The van der Waals surface area contributed by atoms with E-state index < -0.39 is 27.0 Å². The van der Waals surface area contributed by atoms with Crippen molar-refractivity contribution in [2.24, 2.45) is 4.40 Å². The maximum absolute atomic E-state index is 13.0. The van der Waals surface area contributed by atoms with Crippen molar-refractivity contribution in [3.63, 3.8) is 0 Å². The zero-order valence-corrected chi connectivity index (χ0v) is 18.1. The average Bonchev–Trinajstić information content (AvgIpc) is 3.39. The Morgan fingerprint density at radius 1 is 1.26 bits per heavy atom. The van der Waals surface area contributed by atoms with E-state index in [1.165, 1.54) is 13.0 Å². The molecule has 3 rings (SSSR count). The second kappa shape index (κ2) is 9.86. The first-order valence-corrected chi connectivity index (χ1v) is 11.4. The predicted molar refractivity (Wildman–Crippen MR) is 111 cm³/mol. The molecule has 0 unspecified atom stereocenters. The Labute approximate surface area is 179 Å². The molecule has 0 radical (unpaired) electrons. The molecule has 1 fully saturated rings. The lowest BCUT2D eigenvalue weighted by Gasteiger charge is -2.18. The first-order chi connectivity index (χ1) is 14.7. The Morgan fingerprint density at radius 2 is 1.94 bits per heavy atom. The highest BCUT2D eigenvalue weighted by Gasteiger charge is 2.25. The van der Waals surface area contributed by atoms with Gasteiger partial charge in [0.2, 0.25) is 5.96 Å². The summed E-state index contributed by atoms with van der Waals surface area (Å²) in [6.45, 7) is 3.17. The van der Waals surface area contributed by atoms with Gasteiger partial charge in [0.25, 0.3) is 10.0 Å². The zero-order valence-electron chi connectivity index (χ0n) is 17.3. The lowest BCUT2D eigenvalue weighted by molar-refractivity contribution is 0.0914. The number of halogens is 1. The summed E-state index contributed by atoms with van der Waals surface area (Å²) in [6.07, 6.45) is 5.69. The van der Waals surface area contributed by atoms with Crippen molar-refractivity contribution in [3.05, 3.63) is 47.7 Å². The van der Waals surface area contributed by atoms with Gasteiger partial charge in [-0.1, -0.05) is 12.8 Å². The number of carbonyl (C=O) groups is 1. The van der Waals surface area contributed by atoms with Gasteiger partial charge in [-0.2, -0.15) is 0 Å². The van der Waals surface area contributed by atoms with Crippen LogP contribution in [0.5, 0.6) is 0 Å². The molecule has 1 saturated carbocycles. The number of rotatable bonds is 6. The molecule has 1 aliphatic rings. The van der Waals surface area contributed by atoms with Gasteiger partial charge in [0, 0.05) is 12.5 Å². The molecule has 0 bridgehead atoms. The third-order valence-electron chi connectivity index (χ3n) is 4.83. The highest BCUT2D eigenvalue weighted by molar-refractivity contribution is 7.90. The number of amides is 1. The summed E-state index contributed by atoms with van der Waals surface area (Å²) in [4.78, 5) is 19.8. The monoisotopic (exact) mass is 452 g/mol. The largest absolute Gasteiger partial charge is 0.456 e. The van der Waals surface area contributed by atoms with E-state index in [9.17, 15) is 17.6 Å². The van der Waals surface area contributed by atoms with Gasteiger partial charge in [0.1, 0.15) is 11.6 Å². The fraction of sp³-hybridized carbons (Fsp3) is 0.474. The highest BCUT2D eigenvalue weighted by Crippen LogP contribution is 2.18. The van der Waals surface area contributed by atoms with E-state index in [1.54, 1.807) is 13.0 Å². The molecule has 1 atom stereocenters. The summed E-state index contributed by atoms with van der Waals surface area (Å²) in [5.74, 6) is -0.425. The first-order valence-electron chi connectivity index (χ1n) is 9.92. The Morgan fingerprint density at radius 3 is 2.55 bits per heavy atom. The number of hydrogen-bond donors (Lipinski definition) is 3. The average molecular weight is 453 g/mol. The molecule has 0 aliphatic heterocycles. The van der Waals surface area contributed by atoms with Gasteiger partial charge in [-0.25, -0.2) is 22.8 Å². The molecule has 10 nitrogen and oxygen atoms in total. The number of carbonyl (C=O) groups excluding carboxylic acids is 1. The smallest absolute Gasteiger partial charge is 0.305 e. The third kappa shape index (κ3) is 6.48. The van der Waals surface area contributed by atoms with E-state index >= 15 is 0 Å². The molecule has 0 spiro atoms. The number of hydrogen-bond acceptors (Lipinski definition) is 6. The van der Waals surface area contributed by atoms with Crippen LogP contribution in [0.15, 0.2) is 33.3 Å². The van der Waals surface area contributed by atoms with Gasteiger partial charge in [-0.05, 0) is 38.8 Å². The molecule has 168 valence electrons. The highest BCUT2D eigenvalue weighted by atomic mass is 32.2. The maximum Gasteiger partial charge on any atom is 0.305 e. The van der Waals surface area contributed by atoms with Crippen molar-refractivity contribution in [2.75, 3.05) is 0 Å². The van der Waals surface area contributed by atoms with Crippen molar-refractivity contribution in [3.8, 4) is 0 Å². The lowest BCUT2D eigenvalue weighted by atomic mass is 10.3. The second-order valence-electron chi connectivity index (χ2n) is 7.40. The minimum atomic E-state index is -4.00. The van der Waals surface area contributed by atoms with Crippen LogP contribution in [-0.2, 0) is 16.4 Å². The summed E-state index contributed by atoms with van der Waals surface area (Å²) in [5, 5.41) is 2.07. The van der Waals surface area contributed by atoms with Crippen LogP contribution in [0.3, 0.4) is 0 Å². The molecule has 2 aromatic rings. The van der Waals surface area contributed by atoms with Crippen LogP contribution in [0.1, 0.15) is 54.7 Å².